The Morgan fingerprint density at radius 3 is 2.05 bits per heavy atom. The minimum Gasteiger partial charge on any atom is -0.374 e. The SMILES string of the molecule is N=C(CCCS)NCCC(O)(P(=O)(O)O)P(=O)(O)O. The summed E-state index contributed by atoms with van der Waals surface area (Å²) in [5.41, 5.74) is 0. The normalized spacial score (nSPS) is 13.4. The van der Waals surface area contributed by atoms with Gasteiger partial charge in [0.25, 0.3) is 5.08 Å². The molecule has 7 N–H and O–H groups in total. The Kier molecular flexibility index (Phi) is 7.22. The molecule has 0 saturated carbocycles. The van der Waals surface area contributed by atoms with Crippen molar-refractivity contribution in [3.63, 3.8) is 0 Å². The van der Waals surface area contributed by atoms with E-state index in [9.17, 15) is 14.2 Å². The molecule has 0 aliphatic carbocycles. The van der Waals surface area contributed by atoms with Gasteiger partial charge in [0.1, 0.15) is 0 Å². The summed E-state index contributed by atoms with van der Waals surface area (Å²) in [4.78, 5) is 35.4. The topological polar surface area (TPSA) is 171 Å². The van der Waals surface area contributed by atoms with Crippen molar-refractivity contribution in [2.45, 2.75) is 24.3 Å². The molecular weight excluding hydrogens is 318 g/mol. The maximum Gasteiger partial charge on any atom is 0.369 e. The van der Waals surface area contributed by atoms with Gasteiger partial charge >= 0.3 is 15.2 Å². The Morgan fingerprint density at radius 2 is 1.68 bits per heavy atom. The maximum atomic E-state index is 11.0. The molecule has 12 heteroatoms. The zero-order valence-electron chi connectivity index (χ0n) is 9.93. The molecule has 9 nitrogen and oxygen atoms in total. The third-order valence-corrected chi connectivity index (χ3v) is 6.51. The van der Waals surface area contributed by atoms with Crippen molar-refractivity contribution in [2.24, 2.45) is 0 Å². The molecule has 0 rings (SSSR count). The van der Waals surface area contributed by atoms with Crippen LogP contribution in [0.3, 0.4) is 0 Å². The average molecular weight is 336 g/mol. The molecule has 0 aliphatic heterocycles. The first-order valence-corrected chi connectivity index (χ1v) is 9.07. The van der Waals surface area contributed by atoms with Crippen LogP contribution in [0.5, 0.6) is 0 Å². The highest BCUT2D eigenvalue weighted by Crippen LogP contribution is 2.68. The van der Waals surface area contributed by atoms with E-state index >= 15 is 0 Å². The highest BCUT2D eigenvalue weighted by atomic mass is 32.1. The third kappa shape index (κ3) is 5.53. The highest BCUT2D eigenvalue weighted by molar-refractivity contribution is 7.80. The summed E-state index contributed by atoms with van der Waals surface area (Å²) in [7, 11) is -10.8. The maximum absolute atomic E-state index is 11.0. The lowest BCUT2D eigenvalue weighted by Crippen LogP contribution is -2.34. The Bertz CT molecular complexity index is 384. The van der Waals surface area contributed by atoms with Gasteiger partial charge in [-0.15, -0.1) is 0 Å². The molecule has 0 radical (unpaired) electrons. The number of thiol groups is 1. The average Bonchev–Trinajstić information content (AvgIpc) is 2.22. The Labute approximate surface area is 115 Å². The standard InChI is InChI=1S/C7H18N2O7P2S/c8-6(2-1-5-19)9-4-3-7(10,17(11,12)13)18(14,15)16/h10,19H,1-5H2,(H2,8,9)(H2,11,12,13)(H2,14,15,16). The molecule has 0 aliphatic rings. The van der Waals surface area contributed by atoms with Crippen LogP contribution in [0.1, 0.15) is 19.3 Å². The zero-order valence-corrected chi connectivity index (χ0v) is 12.6. The first-order chi connectivity index (χ1) is 8.45. The van der Waals surface area contributed by atoms with Gasteiger partial charge in [0, 0.05) is 19.4 Å². The lowest BCUT2D eigenvalue weighted by Gasteiger charge is -2.29. The number of rotatable bonds is 8. The summed E-state index contributed by atoms with van der Waals surface area (Å²) < 4.78 is 22.0. The molecule has 0 aromatic carbocycles. The molecule has 0 heterocycles. The predicted octanol–water partition coefficient (Wildman–Crippen LogP) is -0.345. The highest BCUT2D eigenvalue weighted by Gasteiger charge is 2.58. The van der Waals surface area contributed by atoms with Crippen molar-refractivity contribution in [1.82, 2.24) is 5.32 Å². The Balaban J connectivity index is 4.61. The van der Waals surface area contributed by atoms with Crippen LogP contribution in [0.4, 0.5) is 0 Å². The van der Waals surface area contributed by atoms with E-state index in [0.29, 0.717) is 18.6 Å². The van der Waals surface area contributed by atoms with Crippen molar-refractivity contribution in [1.29, 1.82) is 5.41 Å². The molecule has 0 aromatic rings. The third-order valence-electron chi connectivity index (χ3n) is 2.32. The van der Waals surface area contributed by atoms with Gasteiger partial charge in [-0.3, -0.25) is 14.5 Å². The summed E-state index contributed by atoms with van der Waals surface area (Å²) in [5.74, 6) is 0.590. The number of amidine groups is 1. The van der Waals surface area contributed by atoms with Crippen molar-refractivity contribution < 1.29 is 33.8 Å². The van der Waals surface area contributed by atoms with E-state index in [0.717, 1.165) is 0 Å². The van der Waals surface area contributed by atoms with Crippen LogP contribution in [0.25, 0.3) is 0 Å². The van der Waals surface area contributed by atoms with Crippen molar-refractivity contribution >= 4 is 33.7 Å². The number of nitrogens with one attached hydrogen (secondary N) is 2. The fraction of sp³-hybridized carbons (Fsp3) is 0.857. The van der Waals surface area contributed by atoms with Gasteiger partial charge in [0.15, 0.2) is 0 Å². The van der Waals surface area contributed by atoms with Gasteiger partial charge in [-0.1, -0.05) is 0 Å². The summed E-state index contributed by atoms with van der Waals surface area (Å²) in [6.45, 7) is -0.349. The quantitative estimate of drug-likeness (QED) is 0.129. The van der Waals surface area contributed by atoms with Gasteiger partial charge in [-0.2, -0.15) is 12.6 Å². The van der Waals surface area contributed by atoms with E-state index < -0.39 is 26.7 Å². The molecule has 0 saturated heterocycles. The largest absolute Gasteiger partial charge is 0.374 e. The second kappa shape index (κ2) is 7.19. The summed E-state index contributed by atoms with van der Waals surface area (Å²) in [6.07, 6.45) is 0.0642. The van der Waals surface area contributed by atoms with Crippen LogP contribution >= 0.6 is 27.8 Å². The molecule has 19 heavy (non-hydrogen) atoms. The van der Waals surface area contributed by atoms with Crippen LogP contribution < -0.4 is 5.32 Å². The molecule has 0 unspecified atom stereocenters. The molecular formula is C7H18N2O7P2S. The minimum atomic E-state index is -5.42. The first kappa shape index (κ1) is 19.1. The van der Waals surface area contributed by atoms with E-state index in [4.69, 9.17) is 25.0 Å². The lowest BCUT2D eigenvalue weighted by molar-refractivity contribution is 0.124. The van der Waals surface area contributed by atoms with Gasteiger partial charge in [0.2, 0.25) is 0 Å². The Morgan fingerprint density at radius 1 is 1.21 bits per heavy atom. The fourth-order valence-corrected chi connectivity index (χ4v) is 3.51. The molecule has 0 atom stereocenters. The monoisotopic (exact) mass is 336 g/mol. The van der Waals surface area contributed by atoms with Crippen LogP contribution in [0.2, 0.25) is 0 Å². The van der Waals surface area contributed by atoms with Crippen LogP contribution in [0.15, 0.2) is 0 Å². The second-order valence-electron chi connectivity index (χ2n) is 3.84. The minimum absolute atomic E-state index is 0.0350. The predicted molar refractivity (Wildman–Crippen MR) is 72.5 cm³/mol. The van der Waals surface area contributed by atoms with Gasteiger partial charge in [-0.05, 0) is 12.2 Å². The molecule has 0 aromatic heterocycles. The molecule has 0 spiro atoms. The zero-order chi connectivity index (χ0) is 15.3. The van der Waals surface area contributed by atoms with Gasteiger partial charge in [-0.25, -0.2) is 0 Å². The summed E-state index contributed by atoms with van der Waals surface area (Å²) in [6, 6.07) is 0. The lowest BCUT2D eigenvalue weighted by atomic mass is 10.3. The van der Waals surface area contributed by atoms with Crippen LogP contribution in [-0.4, -0.2) is 47.9 Å². The second-order valence-corrected chi connectivity index (χ2v) is 8.30. The van der Waals surface area contributed by atoms with Crippen molar-refractivity contribution in [3.05, 3.63) is 0 Å². The number of hydrogen-bond acceptors (Lipinski definition) is 5. The molecule has 0 amide bonds. The van der Waals surface area contributed by atoms with Gasteiger partial charge < -0.3 is 30.0 Å². The molecule has 0 fully saturated rings. The molecule has 114 valence electrons. The first-order valence-electron chi connectivity index (χ1n) is 5.21. The number of hydrogen-bond donors (Lipinski definition) is 8. The smallest absolute Gasteiger partial charge is 0.369 e. The molecule has 0 bridgehead atoms. The van der Waals surface area contributed by atoms with E-state index in [2.05, 4.69) is 17.9 Å². The van der Waals surface area contributed by atoms with Crippen LogP contribution in [0, 0.1) is 5.41 Å². The van der Waals surface area contributed by atoms with Crippen molar-refractivity contribution in [2.75, 3.05) is 12.3 Å². The van der Waals surface area contributed by atoms with Crippen molar-refractivity contribution in [3.8, 4) is 0 Å². The Hall–Kier alpha value is 0.0800. The van der Waals surface area contributed by atoms with E-state index in [1.165, 1.54) is 0 Å². The van der Waals surface area contributed by atoms with Crippen LogP contribution in [-0.2, 0) is 9.13 Å². The fourth-order valence-electron chi connectivity index (χ4n) is 1.19. The van der Waals surface area contributed by atoms with E-state index in [1.807, 2.05) is 0 Å². The summed E-state index contributed by atoms with van der Waals surface area (Å²) in [5, 5.41) is 15.9. The van der Waals surface area contributed by atoms with E-state index in [1.54, 1.807) is 0 Å². The summed E-state index contributed by atoms with van der Waals surface area (Å²) >= 11 is 3.94. The van der Waals surface area contributed by atoms with Gasteiger partial charge in [0.05, 0.1) is 5.84 Å². The number of aliphatic hydroxyl groups is 1. The van der Waals surface area contributed by atoms with E-state index in [-0.39, 0.29) is 12.4 Å².